The second-order valence-electron chi connectivity index (χ2n) is 5.13. The molecule has 2 aromatic heterocycles. The van der Waals surface area contributed by atoms with Crippen molar-refractivity contribution in [3.05, 3.63) is 54.9 Å². The van der Waals surface area contributed by atoms with Gasteiger partial charge >= 0.3 is 0 Å². The zero-order valence-corrected chi connectivity index (χ0v) is 12.0. The van der Waals surface area contributed by atoms with E-state index >= 15 is 0 Å². The lowest BCUT2D eigenvalue weighted by Crippen LogP contribution is -2.01. The van der Waals surface area contributed by atoms with Crippen molar-refractivity contribution in [2.24, 2.45) is 7.05 Å². The predicted octanol–water partition coefficient (Wildman–Crippen LogP) is 2.40. The van der Waals surface area contributed by atoms with Gasteiger partial charge in [0.25, 0.3) is 0 Å². The van der Waals surface area contributed by atoms with Gasteiger partial charge in [-0.1, -0.05) is 29.5 Å². The average molecular weight is 290 g/mol. The van der Waals surface area contributed by atoms with Crippen molar-refractivity contribution in [3.8, 4) is 16.9 Å². The molecule has 0 saturated carbocycles. The second-order valence-corrected chi connectivity index (χ2v) is 5.13. The molecule has 2 heterocycles. The van der Waals surface area contributed by atoms with Crippen LogP contribution in [0.25, 0.3) is 28.0 Å². The number of hydrogen-bond acceptors (Lipinski definition) is 4. The van der Waals surface area contributed by atoms with Crippen LogP contribution in [-0.4, -0.2) is 24.5 Å². The fourth-order valence-corrected chi connectivity index (χ4v) is 2.54. The molecule has 0 aliphatic heterocycles. The molecule has 0 bridgehead atoms. The molecule has 4 aromatic rings. The smallest absolute Gasteiger partial charge is 0.155 e. The van der Waals surface area contributed by atoms with Crippen LogP contribution in [-0.2, 0) is 7.05 Å². The Balaban J connectivity index is 1.83. The molecule has 6 nitrogen and oxygen atoms in total. The van der Waals surface area contributed by atoms with E-state index in [2.05, 4.69) is 15.3 Å². The van der Waals surface area contributed by atoms with E-state index in [1.807, 2.05) is 60.1 Å². The van der Waals surface area contributed by atoms with Crippen LogP contribution in [0.3, 0.4) is 0 Å². The predicted molar refractivity (Wildman–Crippen MR) is 85.5 cm³/mol. The largest absolute Gasteiger partial charge is 0.382 e. The average Bonchev–Trinajstić information content (AvgIpc) is 3.11. The number of fused-ring (bicyclic) bond motifs is 1. The molecule has 0 aliphatic carbocycles. The number of hydrogen-bond donors (Lipinski definition) is 1. The normalized spacial score (nSPS) is 11.1. The minimum absolute atomic E-state index is 0.515. The van der Waals surface area contributed by atoms with Crippen LogP contribution in [0.2, 0.25) is 0 Å². The highest BCUT2D eigenvalue weighted by Crippen LogP contribution is 2.27. The highest BCUT2D eigenvalue weighted by atomic mass is 15.5. The Morgan fingerprint density at radius 1 is 1.05 bits per heavy atom. The van der Waals surface area contributed by atoms with Gasteiger partial charge in [0.05, 0.1) is 23.0 Å². The van der Waals surface area contributed by atoms with E-state index in [4.69, 9.17) is 5.73 Å². The zero-order chi connectivity index (χ0) is 15.1. The Labute approximate surface area is 126 Å². The van der Waals surface area contributed by atoms with E-state index in [-0.39, 0.29) is 0 Å². The molecule has 0 amide bonds. The number of nitrogen functional groups attached to an aromatic ring is 1. The summed E-state index contributed by atoms with van der Waals surface area (Å²) in [5, 5.41) is 8.39. The Morgan fingerprint density at radius 2 is 1.86 bits per heavy atom. The van der Waals surface area contributed by atoms with Crippen molar-refractivity contribution < 1.29 is 0 Å². The molecule has 2 N–H and O–H groups in total. The van der Waals surface area contributed by atoms with Crippen LogP contribution in [0.5, 0.6) is 0 Å². The quantitative estimate of drug-likeness (QED) is 0.615. The van der Waals surface area contributed by atoms with Gasteiger partial charge in [-0.25, -0.2) is 4.98 Å². The number of aryl methyl sites for hydroxylation is 1. The second kappa shape index (κ2) is 4.70. The molecule has 0 atom stereocenters. The minimum atomic E-state index is 0.515. The number of nitrogens with zero attached hydrogens (tertiary/aromatic N) is 5. The number of anilines is 1. The Morgan fingerprint density at radius 3 is 2.68 bits per heavy atom. The van der Waals surface area contributed by atoms with Crippen LogP contribution in [0.1, 0.15) is 0 Å². The van der Waals surface area contributed by atoms with Gasteiger partial charge in [0.1, 0.15) is 5.69 Å². The zero-order valence-electron chi connectivity index (χ0n) is 12.0. The summed E-state index contributed by atoms with van der Waals surface area (Å²) >= 11 is 0. The maximum Gasteiger partial charge on any atom is 0.155 e. The summed E-state index contributed by atoms with van der Waals surface area (Å²) in [7, 11) is 1.97. The third kappa shape index (κ3) is 1.85. The number of rotatable bonds is 2. The van der Waals surface area contributed by atoms with Crippen LogP contribution >= 0.6 is 0 Å². The number of para-hydroxylation sites is 1. The summed E-state index contributed by atoms with van der Waals surface area (Å²) in [5.74, 6) is 0.515. The lowest BCUT2D eigenvalue weighted by molar-refractivity contribution is 0.810. The summed E-state index contributed by atoms with van der Waals surface area (Å²) in [5.41, 5.74) is 10.7. The fraction of sp³-hybridized carbons (Fsp3) is 0.0625. The first-order chi connectivity index (χ1) is 10.7. The van der Waals surface area contributed by atoms with Crippen molar-refractivity contribution in [3.63, 3.8) is 0 Å². The molecule has 22 heavy (non-hydrogen) atoms. The molecular weight excluding hydrogens is 276 g/mol. The van der Waals surface area contributed by atoms with Gasteiger partial charge in [-0.15, -0.1) is 5.10 Å². The number of imidazole rings is 1. The summed E-state index contributed by atoms with van der Waals surface area (Å²) in [6.45, 7) is 0. The van der Waals surface area contributed by atoms with Gasteiger partial charge in [-0.2, -0.15) is 4.68 Å². The lowest BCUT2D eigenvalue weighted by Gasteiger charge is -2.03. The van der Waals surface area contributed by atoms with Gasteiger partial charge in [-0.3, -0.25) is 0 Å². The first-order valence-corrected chi connectivity index (χ1v) is 6.92. The van der Waals surface area contributed by atoms with Crippen molar-refractivity contribution >= 4 is 16.9 Å². The van der Waals surface area contributed by atoms with E-state index < -0.39 is 0 Å². The van der Waals surface area contributed by atoms with Crippen LogP contribution in [0, 0.1) is 0 Å². The van der Waals surface area contributed by atoms with E-state index in [1.165, 1.54) is 0 Å². The molecule has 0 fully saturated rings. The monoisotopic (exact) mass is 290 g/mol. The van der Waals surface area contributed by atoms with Crippen LogP contribution in [0.15, 0.2) is 54.9 Å². The molecule has 2 aromatic carbocycles. The molecule has 0 saturated heterocycles. The van der Waals surface area contributed by atoms with Gasteiger partial charge in [0, 0.05) is 12.6 Å². The van der Waals surface area contributed by atoms with E-state index in [0.717, 1.165) is 22.3 Å². The number of benzene rings is 2. The first-order valence-electron chi connectivity index (χ1n) is 6.92. The van der Waals surface area contributed by atoms with Gasteiger partial charge in [-0.05, 0) is 24.3 Å². The molecule has 0 aliphatic rings. The summed E-state index contributed by atoms with van der Waals surface area (Å²) in [6.07, 6.45) is 1.79. The van der Waals surface area contributed by atoms with Crippen LogP contribution in [0.4, 0.5) is 5.82 Å². The lowest BCUT2D eigenvalue weighted by atomic mass is 10.1. The van der Waals surface area contributed by atoms with Gasteiger partial charge in [0.15, 0.2) is 5.82 Å². The van der Waals surface area contributed by atoms with Crippen molar-refractivity contribution in [1.82, 2.24) is 24.5 Å². The van der Waals surface area contributed by atoms with Crippen molar-refractivity contribution in [1.29, 1.82) is 0 Å². The third-order valence-corrected chi connectivity index (χ3v) is 3.70. The topological polar surface area (TPSA) is 74.5 Å². The summed E-state index contributed by atoms with van der Waals surface area (Å²) < 4.78 is 3.61. The van der Waals surface area contributed by atoms with E-state index in [1.54, 1.807) is 11.0 Å². The number of aromatic nitrogens is 5. The Hall–Kier alpha value is -3.15. The molecular formula is C16H14N6. The minimum Gasteiger partial charge on any atom is -0.382 e. The standard InChI is InChI=1S/C16H14N6/c1-21-10-18-13-9-11(7-8-14(13)21)15-16(17)22(20-19-15)12-5-3-2-4-6-12/h2-10H,17H2,1H3. The molecule has 0 radical (unpaired) electrons. The third-order valence-electron chi connectivity index (χ3n) is 3.70. The molecule has 0 spiro atoms. The maximum absolute atomic E-state index is 6.23. The SMILES string of the molecule is Cn1cnc2cc(-c3nnn(-c4ccccc4)c3N)ccc21. The van der Waals surface area contributed by atoms with Gasteiger partial charge < -0.3 is 10.3 Å². The molecule has 108 valence electrons. The highest BCUT2D eigenvalue weighted by Gasteiger charge is 2.14. The number of nitrogens with two attached hydrogens (primary N) is 1. The van der Waals surface area contributed by atoms with Crippen LogP contribution < -0.4 is 5.73 Å². The fourth-order valence-electron chi connectivity index (χ4n) is 2.54. The highest BCUT2D eigenvalue weighted by molar-refractivity contribution is 5.83. The van der Waals surface area contributed by atoms with Gasteiger partial charge in [0.2, 0.25) is 0 Å². The molecule has 4 rings (SSSR count). The van der Waals surface area contributed by atoms with E-state index in [9.17, 15) is 0 Å². The maximum atomic E-state index is 6.23. The Bertz CT molecular complexity index is 951. The molecule has 0 unspecified atom stereocenters. The van der Waals surface area contributed by atoms with Crippen molar-refractivity contribution in [2.75, 3.05) is 5.73 Å². The first kappa shape index (κ1) is 12.6. The summed E-state index contributed by atoms with van der Waals surface area (Å²) in [4.78, 5) is 4.37. The van der Waals surface area contributed by atoms with Crippen molar-refractivity contribution in [2.45, 2.75) is 0 Å². The van der Waals surface area contributed by atoms with E-state index in [0.29, 0.717) is 11.5 Å². The Kier molecular flexibility index (Phi) is 2.69. The summed E-state index contributed by atoms with van der Waals surface area (Å²) in [6, 6.07) is 15.7. The molecule has 6 heteroatoms.